The highest BCUT2D eigenvalue weighted by Crippen LogP contribution is 2.59. The van der Waals surface area contributed by atoms with Gasteiger partial charge in [-0.1, -0.05) is 13.8 Å². The van der Waals surface area contributed by atoms with Crippen molar-refractivity contribution in [3.05, 3.63) is 0 Å². The van der Waals surface area contributed by atoms with Gasteiger partial charge in [0, 0.05) is 0 Å². The van der Waals surface area contributed by atoms with Crippen molar-refractivity contribution >= 4 is 11.9 Å². The maximum atomic E-state index is 12.4. The maximum Gasteiger partial charge on any atom is 0.311 e. The van der Waals surface area contributed by atoms with Crippen LogP contribution in [0.5, 0.6) is 0 Å². The summed E-state index contributed by atoms with van der Waals surface area (Å²) in [7, 11) is 0. The van der Waals surface area contributed by atoms with E-state index in [2.05, 4.69) is 6.92 Å². The van der Waals surface area contributed by atoms with Gasteiger partial charge in [0.05, 0.1) is 11.8 Å². The summed E-state index contributed by atoms with van der Waals surface area (Å²) in [5.74, 6) is 2.25. The zero-order valence-electron chi connectivity index (χ0n) is 15.6. The molecule has 4 aliphatic carbocycles. The molecule has 0 aromatic heterocycles. The molecular formula is C20H32O4. The number of hydrogen-bond donors (Lipinski definition) is 0. The fourth-order valence-corrected chi connectivity index (χ4v) is 5.24. The number of carbonyl (C=O) groups is 2. The average molecular weight is 336 g/mol. The van der Waals surface area contributed by atoms with E-state index in [1.165, 1.54) is 19.3 Å². The monoisotopic (exact) mass is 336 g/mol. The summed E-state index contributed by atoms with van der Waals surface area (Å²) < 4.78 is 11.3. The van der Waals surface area contributed by atoms with Crippen LogP contribution in [0.1, 0.15) is 72.6 Å². The van der Waals surface area contributed by atoms with Gasteiger partial charge in [-0.05, 0) is 76.0 Å². The van der Waals surface area contributed by atoms with Gasteiger partial charge >= 0.3 is 11.9 Å². The van der Waals surface area contributed by atoms with Gasteiger partial charge in [-0.25, -0.2) is 0 Å². The van der Waals surface area contributed by atoms with Crippen LogP contribution in [0.15, 0.2) is 0 Å². The van der Waals surface area contributed by atoms with E-state index in [-0.39, 0.29) is 30.6 Å². The molecule has 4 heteroatoms. The lowest BCUT2D eigenvalue weighted by Gasteiger charge is -2.59. The zero-order valence-corrected chi connectivity index (χ0v) is 15.6. The SMILES string of the molecule is CCC(C)(C)C(=O)OCCC(=O)OC12CC3CC(CC(C3)C1C)C2. The van der Waals surface area contributed by atoms with Crippen LogP contribution in [0.2, 0.25) is 0 Å². The molecule has 0 aliphatic heterocycles. The molecule has 4 rings (SSSR count). The molecule has 0 aromatic carbocycles. The standard InChI is InChI=1S/C20H32O4/c1-5-19(3,4)18(22)23-7-6-17(21)24-20-11-14-8-15(12-20)10-16(9-14)13(20)2/h13-16H,5-12H2,1-4H3. The fourth-order valence-electron chi connectivity index (χ4n) is 5.24. The Kier molecular flexibility index (Phi) is 4.69. The fraction of sp³-hybridized carbons (Fsp3) is 0.900. The van der Waals surface area contributed by atoms with Crippen LogP contribution in [0, 0.1) is 29.1 Å². The van der Waals surface area contributed by atoms with Crippen molar-refractivity contribution in [3.8, 4) is 0 Å². The summed E-state index contributed by atoms with van der Waals surface area (Å²) in [6, 6.07) is 0. The number of rotatable bonds is 6. The van der Waals surface area contributed by atoms with E-state index < -0.39 is 5.41 Å². The van der Waals surface area contributed by atoms with E-state index >= 15 is 0 Å². The first-order valence-electron chi connectivity index (χ1n) is 9.65. The van der Waals surface area contributed by atoms with Crippen molar-refractivity contribution in [1.82, 2.24) is 0 Å². The van der Waals surface area contributed by atoms with Crippen molar-refractivity contribution in [2.75, 3.05) is 6.61 Å². The van der Waals surface area contributed by atoms with Gasteiger partial charge in [-0.3, -0.25) is 9.59 Å². The molecule has 0 spiro atoms. The van der Waals surface area contributed by atoms with Crippen LogP contribution in [-0.2, 0) is 19.1 Å². The lowest BCUT2D eigenvalue weighted by molar-refractivity contribution is -0.206. The lowest BCUT2D eigenvalue weighted by Crippen LogP contribution is -2.58. The Morgan fingerprint density at radius 2 is 1.75 bits per heavy atom. The second-order valence-electron chi connectivity index (χ2n) is 9.06. The number of ether oxygens (including phenoxy) is 2. The Hall–Kier alpha value is -1.06. The van der Waals surface area contributed by atoms with Gasteiger partial charge in [0.2, 0.25) is 0 Å². The quantitative estimate of drug-likeness (QED) is 0.685. The van der Waals surface area contributed by atoms with E-state index in [1.54, 1.807) is 0 Å². The van der Waals surface area contributed by atoms with Crippen molar-refractivity contribution in [2.24, 2.45) is 29.1 Å². The summed E-state index contributed by atoms with van der Waals surface area (Å²) in [4.78, 5) is 24.3. The molecule has 0 heterocycles. The number of esters is 2. The Balaban J connectivity index is 1.51. The molecule has 0 saturated heterocycles. The largest absolute Gasteiger partial charge is 0.465 e. The molecule has 136 valence electrons. The Bertz CT molecular complexity index is 496. The summed E-state index contributed by atoms with van der Waals surface area (Å²) in [5.41, 5.74) is -0.725. The zero-order chi connectivity index (χ0) is 17.5. The second-order valence-corrected chi connectivity index (χ2v) is 9.06. The van der Waals surface area contributed by atoms with E-state index in [4.69, 9.17) is 9.47 Å². The number of carbonyl (C=O) groups excluding carboxylic acids is 2. The van der Waals surface area contributed by atoms with Gasteiger partial charge in [0.25, 0.3) is 0 Å². The molecule has 3 unspecified atom stereocenters. The van der Waals surface area contributed by atoms with Gasteiger partial charge in [0.1, 0.15) is 12.2 Å². The Morgan fingerprint density at radius 1 is 1.12 bits per heavy atom. The first kappa shape index (κ1) is 17.8. The Morgan fingerprint density at radius 3 is 2.33 bits per heavy atom. The van der Waals surface area contributed by atoms with Crippen molar-refractivity contribution in [3.63, 3.8) is 0 Å². The second kappa shape index (κ2) is 6.34. The third-order valence-electron chi connectivity index (χ3n) is 7.04. The smallest absolute Gasteiger partial charge is 0.311 e. The van der Waals surface area contributed by atoms with Crippen LogP contribution in [-0.4, -0.2) is 24.1 Å². The van der Waals surface area contributed by atoms with Crippen LogP contribution in [0.3, 0.4) is 0 Å². The van der Waals surface area contributed by atoms with E-state index in [9.17, 15) is 9.59 Å². The molecule has 3 atom stereocenters. The minimum Gasteiger partial charge on any atom is -0.465 e. The van der Waals surface area contributed by atoms with E-state index in [0.717, 1.165) is 37.0 Å². The molecule has 0 radical (unpaired) electrons. The normalized spacial score (nSPS) is 37.3. The molecular weight excluding hydrogens is 304 g/mol. The minimum atomic E-state index is -0.488. The molecule has 4 aliphatic rings. The predicted octanol–water partition coefficient (Wildman–Crippen LogP) is 4.11. The van der Waals surface area contributed by atoms with Crippen molar-refractivity contribution in [1.29, 1.82) is 0 Å². The summed E-state index contributed by atoms with van der Waals surface area (Å²) in [6.07, 6.45) is 6.93. The lowest BCUT2D eigenvalue weighted by atomic mass is 9.50. The third kappa shape index (κ3) is 3.21. The minimum absolute atomic E-state index is 0.127. The average Bonchev–Trinajstić information content (AvgIpc) is 2.51. The molecule has 0 aromatic rings. The molecule has 4 fully saturated rings. The van der Waals surface area contributed by atoms with Gasteiger partial charge < -0.3 is 9.47 Å². The van der Waals surface area contributed by atoms with E-state index in [1.807, 2.05) is 20.8 Å². The van der Waals surface area contributed by atoms with Crippen molar-refractivity contribution in [2.45, 2.75) is 78.2 Å². The Labute approximate surface area is 145 Å². The topological polar surface area (TPSA) is 52.6 Å². The highest BCUT2D eigenvalue weighted by atomic mass is 16.6. The highest BCUT2D eigenvalue weighted by molar-refractivity contribution is 5.76. The first-order chi connectivity index (χ1) is 11.3. The summed E-state index contributed by atoms with van der Waals surface area (Å²) in [6.45, 7) is 8.08. The molecule has 24 heavy (non-hydrogen) atoms. The van der Waals surface area contributed by atoms with Gasteiger partial charge in [-0.15, -0.1) is 0 Å². The molecule has 4 bridgehead atoms. The van der Waals surface area contributed by atoms with Crippen LogP contribution >= 0.6 is 0 Å². The van der Waals surface area contributed by atoms with Crippen LogP contribution in [0.4, 0.5) is 0 Å². The highest BCUT2D eigenvalue weighted by Gasteiger charge is 2.57. The molecule has 4 nitrogen and oxygen atoms in total. The summed E-state index contributed by atoms with van der Waals surface area (Å²) >= 11 is 0. The molecule has 0 amide bonds. The summed E-state index contributed by atoms with van der Waals surface area (Å²) in [5, 5.41) is 0. The molecule has 4 saturated carbocycles. The molecule has 0 N–H and O–H groups in total. The maximum absolute atomic E-state index is 12.4. The van der Waals surface area contributed by atoms with E-state index in [0.29, 0.717) is 5.92 Å². The van der Waals surface area contributed by atoms with Gasteiger partial charge in [-0.2, -0.15) is 0 Å². The first-order valence-corrected chi connectivity index (χ1v) is 9.65. The van der Waals surface area contributed by atoms with Crippen molar-refractivity contribution < 1.29 is 19.1 Å². The third-order valence-corrected chi connectivity index (χ3v) is 7.04. The van der Waals surface area contributed by atoms with Crippen LogP contribution < -0.4 is 0 Å². The number of hydrogen-bond acceptors (Lipinski definition) is 4. The van der Waals surface area contributed by atoms with Gasteiger partial charge in [0.15, 0.2) is 0 Å². The van der Waals surface area contributed by atoms with Crippen LogP contribution in [0.25, 0.3) is 0 Å². The predicted molar refractivity (Wildman–Crippen MR) is 91.2 cm³/mol.